The van der Waals surface area contributed by atoms with E-state index in [0.29, 0.717) is 0 Å². The van der Waals surface area contributed by atoms with E-state index in [1.165, 1.54) is 0 Å². The minimum absolute atomic E-state index is 0.00962. The summed E-state index contributed by atoms with van der Waals surface area (Å²) in [6, 6.07) is 13.4. The first-order chi connectivity index (χ1) is 19.1. The Hall–Kier alpha value is -3.73. The predicted octanol–water partition coefficient (Wildman–Crippen LogP) is 4.95. The number of fused-ring (bicyclic) bond motifs is 3. The van der Waals surface area contributed by atoms with Crippen LogP contribution in [0.2, 0.25) is 0 Å². The first-order valence-corrected chi connectivity index (χ1v) is 14.4. The number of carbonyl (C=O) groups excluding carboxylic acids is 3. The van der Waals surface area contributed by atoms with Gasteiger partial charge in [0.2, 0.25) is 0 Å². The Kier molecular flexibility index (Phi) is 10.3. The van der Waals surface area contributed by atoms with Gasteiger partial charge in [0, 0.05) is 17.4 Å². The third-order valence-corrected chi connectivity index (χ3v) is 7.02. The lowest BCUT2D eigenvalue weighted by atomic mass is 9.98. The van der Waals surface area contributed by atoms with Gasteiger partial charge in [-0.25, -0.2) is 19.2 Å². The van der Waals surface area contributed by atoms with Gasteiger partial charge in [0.05, 0.1) is 0 Å². The molecular formula is C30H38N2O8S. The molecule has 0 fully saturated rings. The maximum Gasteiger partial charge on any atom is 0.408 e. The van der Waals surface area contributed by atoms with Crippen LogP contribution in [-0.4, -0.2) is 70.6 Å². The van der Waals surface area contributed by atoms with E-state index in [1.54, 1.807) is 41.5 Å². The van der Waals surface area contributed by atoms with Gasteiger partial charge in [-0.1, -0.05) is 48.5 Å². The van der Waals surface area contributed by atoms with E-state index < -0.39 is 47.4 Å². The first-order valence-electron chi connectivity index (χ1n) is 13.3. The van der Waals surface area contributed by atoms with Gasteiger partial charge in [-0.15, -0.1) is 0 Å². The molecule has 0 spiro atoms. The highest BCUT2D eigenvalue weighted by atomic mass is 32.2. The van der Waals surface area contributed by atoms with Crippen molar-refractivity contribution in [2.45, 2.75) is 70.7 Å². The number of hydrogen-bond acceptors (Lipinski definition) is 8. The number of carboxylic acids is 1. The number of rotatable bonds is 10. The zero-order valence-electron chi connectivity index (χ0n) is 24.2. The van der Waals surface area contributed by atoms with E-state index in [0.717, 1.165) is 34.0 Å². The number of amides is 2. The minimum Gasteiger partial charge on any atom is -0.480 e. The molecule has 0 aliphatic heterocycles. The van der Waals surface area contributed by atoms with Gasteiger partial charge in [0.1, 0.15) is 29.9 Å². The molecule has 11 heteroatoms. The number of alkyl carbamates (subject to hydrolysis) is 2. The maximum atomic E-state index is 12.7. The third-order valence-electron chi connectivity index (χ3n) is 5.89. The highest BCUT2D eigenvalue weighted by Gasteiger charge is 2.31. The monoisotopic (exact) mass is 586 g/mol. The Bertz CT molecular complexity index is 1220. The smallest absolute Gasteiger partial charge is 0.408 e. The number of thioether (sulfide) groups is 1. The van der Waals surface area contributed by atoms with Gasteiger partial charge in [-0.3, -0.25) is 0 Å². The largest absolute Gasteiger partial charge is 0.480 e. The summed E-state index contributed by atoms with van der Waals surface area (Å²) >= 11 is 1.06. The van der Waals surface area contributed by atoms with E-state index in [4.69, 9.17) is 14.2 Å². The van der Waals surface area contributed by atoms with Crippen LogP contribution in [-0.2, 0) is 23.8 Å². The van der Waals surface area contributed by atoms with Crippen molar-refractivity contribution in [1.29, 1.82) is 0 Å². The number of nitrogens with one attached hydrogen (secondary N) is 2. The van der Waals surface area contributed by atoms with Crippen LogP contribution >= 0.6 is 11.8 Å². The molecule has 0 bridgehead atoms. The van der Waals surface area contributed by atoms with Crippen LogP contribution in [0.15, 0.2) is 48.5 Å². The van der Waals surface area contributed by atoms with Crippen LogP contribution in [0.3, 0.4) is 0 Å². The summed E-state index contributed by atoms with van der Waals surface area (Å²) in [6.45, 7) is 10.2. The number of carboxylic acid groups (broad SMARTS) is 1. The van der Waals surface area contributed by atoms with Crippen molar-refractivity contribution < 1.29 is 38.5 Å². The lowest BCUT2D eigenvalue weighted by Crippen LogP contribution is -2.48. The lowest BCUT2D eigenvalue weighted by molar-refractivity contribution is -0.156. The summed E-state index contributed by atoms with van der Waals surface area (Å²) < 4.78 is 16.1. The predicted molar refractivity (Wildman–Crippen MR) is 156 cm³/mol. The fraction of sp³-hybridized carbons (Fsp3) is 0.467. The van der Waals surface area contributed by atoms with Crippen molar-refractivity contribution in [3.05, 3.63) is 59.7 Å². The van der Waals surface area contributed by atoms with Crippen molar-refractivity contribution in [2.75, 3.05) is 18.1 Å². The summed E-state index contributed by atoms with van der Waals surface area (Å²) in [5.41, 5.74) is 2.66. The molecule has 10 nitrogen and oxygen atoms in total. The molecule has 2 atom stereocenters. The second kappa shape index (κ2) is 13.3. The molecule has 0 radical (unpaired) electrons. The summed E-state index contributed by atoms with van der Waals surface area (Å²) in [7, 11) is 0. The highest BCUT2D eigenvalue weighted by Crippen LogP contribution is 2.44. The van der Waals surface area contributed by atoms with Gasteiger partial charge in [-0.2, -0.15) is 11.8 Å². The molecule has 41 heavy (non-hydrogen) atoms. The van der Waals surface area contributed by atoms with Crippen LogP contribution in [0, 0.1) is 0 Å². The molecular weight excluding hydrogens is 548 g/mol. The fourth-order valence-corrected chi connectivity index (χ4v) is 5.30. The van der Waals surface area contributed by atoms with E-state index >= 15 is 0 Å². The molecule has 0 saturated heterocycles. The van der Waals surface area contributed by atoms with Crippen LogP contribution in [0.1, 0.15) is 58.6 Å². The maximum absolute atomic E-state index is 12.7. The molecule has 222 valence electrons. The lowest BCUT2D eigenvalue weighted by Gasteiger charge is -2.26. The molecule has 3 N–H and O–H groups in total. The van der Waals surface area contributed by atoms with Crippen molar-refractivity contribution in [3.63, 3.8) is 0 Å². The SMILES string of the molecule is CC(C)(C)OC(=O)N[C@@H](CSC[C@H](NC(=O)OCC1c2ccccc2-c2ccccc21)C(=O)O)C(=O)OC(C)(C)C. The second-order valence-corrected chi connectivity index (χ2v) is 12.7. The van der Waals surface area contributed by atoms with Crippen LogP contribution in [0.4, 0.5) is 9.59 Å². The zero-order valence-corrected chi connectivity index (χ0v) is 25.0. The topological polar surface area (TPSA) is 140 Å². The van der Waals surface area contributed by atoms with Crippen LogP contribution in [0.5, 0.6) is 0 Å². The summed E-state index contributed by atoms with van der Waals surface area (Å²) in [6.07, 6.45) is -1.67. The van der Waals surface area contributed by atoms with Crippen LogP contribution in [0.25, 0.3) is 11.1 Å². The quantitative estimate of drug-likeness (QED) is 0.261. The molecule has 0 saturated carbocycles. The van der Waals surface area contributed by atoms with Gasteiger partial charge in [0.15, 0.2) is 0 Å². The van der Waals surface area contributed by atoms with Crippen molar-refractivity contribution in [3.8, 4) is 11.1 Å². The number of carbonyl (C=O) groups is 4. The van der Waals surface area contributed by atoms with Gasteiger partial charge >= 0.3 is 24.1 Å². The Morgan fingerprint density at radius 3 is 1.78 bits per heavy atom. The normalized spacial score (nSPS) is 14.2. The number of ether oxygens (including phenoxy) is 3. The standard InChI is InChI=1S/C30H38N2O8S/c1-29(2,3)39-26(35)24(32-28(37)40-30(4,5)6)17-41-16-23(25(33)34)31-27(36)38-15-22-20-13-9-7-11-18(20)19-12-8-10-14-21(19)22/h7-14,22-24H,15-17H2,1-6H3,(H,31,36)(H,32,37)(H,33,34)/t23-,24-/m0/s1. The molecule has 1 aliphatic rings. The molecule has 2 amide bonds. The molecule has 2 aromatic carbocycles. The summed E-state index contributed by atoms with van der Waals surface area (Å²) in [5.74, 6) is -2.22. The summed E-state index contributed by atoms with van der Waals surface area (Å²) in [5, 5.41) is 14.6. The zero-order chi connectivity index (χ0) is 30.4. The third kappa shape index (κ3) is 9.41. The van der Waals surface area contributed by atoms with E-state index in [2.05, 4.69) is 10.6 Å². The molecule has 0 unspecified atom stereocenters. The number of benzene rings is 2. The molecule has 2 aromatic rings. The van der Waals surface area contributed by atoms with E-state index in [9.17, 15) is 24.3 Å². The molecule has 0 aromatic heterocycles. The highest BCUT2D eigenvalue weighted by molar-refractivity contribution is 7.99. The Balaban J connectivity index is 1.58. The average Bonchev–Trinajstić information content (AvgIpc) is 3.17. The molecule has 1 aliphatic carbocycles. The number of esters is 1. The first kappa shape index (κ1) is 31.8. The number of aliphatic carboxylic acids is 1. The van der Waals surface area contributed by atoms with Crippen molar-refractivity contribution in [1.82, 2.24) is 10.6 Å². The molecule has 0 heterocycles. The van der Waals surface area contributed by atoms with Crippen LogP contribution < -0.4 is 10.6 Å². The van der Waals surface area contributed by atoms with Crippen molar-refractivity contribution in [2.24, 2.45) is 0 Å². The van der Waals surface area contributed by atoms with E-state index in [-0.39, 0.29) is 24.0 Å². The number of hydrogen-bond donors (Lipinski definition) is 3. The Morgan fingerprint density at radius 1 is 0.780 bits per heavy atom. The van der Waals surface area contributed by atoms with Crippen molar-refractivity contribution >= 4 is 35.9 Å². The van der Waals surface area contributed by atoms with E-state index in [1.807, 2.05) is 48.5 Å². The van der Waals surface area contributed by atoms with Gasteiger partial charge in [-0.05, 0) is 63.8 Å². The second-order valence-electron chi connectivity index (χ2n) is 11.6. The van der Waals surface area contributed by atoms with Gasteiger partial charge < -0.3 is 30.0 Å². The fourth-order valence-electron chi connectivity index (χ4n) is 4.25. The average molecular weight is 587 g/mol. The molecule has 3 rings (SSSR count). The summed E-state index contributed by atoms with van der Waals surface area (Å²) in [4.78, 5) is 49.5. The van der Waals surface area contributed by atoms with Gasteiger partial charge in [0.25, 0.3) is 0 Å². The Labute approximate surface area is 244 Å². The minimum atomic E-state index is -1.29. The Morgan fingerprint density at radius 2 is 1.27 bits per heavy atom.